The SMILES string of the molecule is CNC[C@@H]1CCN(CC(c2ccccc2)c2ccccc2)C(=O)CN1. The van der Waals surface area contributed by atoms with E-state index in [9.17, 15) is 4.79 Å². The molecule has 0 aliphatic carbocycles. The zero-order chi connectivity index (χ0) is 17.5. The average Bonchev–Trinajstić information content (AvgIpc) is 2.83. The number of carbonyl (C=O) groups is 1. The number of benzene rings is 2. The van der Waals surface area contributed by atoms with Crippen LogP contribution >= 0.6 is 0 Å². The number of likely N-dealkylation sites (N-methyl/N-ethyl adjacent to an activating group) is 1. The maximum Gasteiger partial charge on any atom is 0.236 e. The molecule has 3 rings (SSSR count). The van der Waals surface area contributed by atoms with E-state index in [-0.39, 0.29) is 11.8 Å². The summed E-state index contributed by atoms with van der Waals surface area (Å²) in [4.78, 5) is 14.6. The first-order valence-corrected chi connectivity index (χ1v) is 9.03. The fourth-order valence-corrected chi connectivity index (χ4v) is 3.49. The maximum absolute atomic E-state index is 12.6. The lowest BCUT2D eigenvalue weighted by atomic mass is 9.90. The smallest absolute Gasteiger partial charge is 0.236 e. The standard InChI is InChI=1S/C21H27N3O/c1-22-14-19-12-13-24(21(25)15-23-19)16-20(17-8-4-2-5-9-17)18-10-6-3-7-11-18/h2-11,19-20,22-23H,12-16H2,1H3/t19-/m0/s1. The second-order valence-electron chi connectivity index (χ2n) is 6.64. The number of hydrogen-bond donors (Lipinski definition) is 2. The molecule has 1 fully saturated rings. The molecule has 1 atom stereocenters. The lowest BCUT2D eigenvalue weighted by Crippen LogP contribution is -2.40. The maximum atomic E-state index is 12.6. The fourth-order valence-electron chi connectivity index (χ4n) is 3.49. The van der Waals surface area contributed by atoms with Gasteiger partial charge in [-0.15, -0.1) is 0 Å². The minimum Gasteiger partial charge on any atom is -0.341 e. The molecule has 132 valence electrons. The molecule has 1 aliphatic rings. The summed E-state index contributed by atoms with van der Waals surface area (Å²) in [6, 6.07) is 21.3. The molecule has 25 heavy (non-hydrogen) atoms. The third-order valence-corrected chi connectivity index (χ3v) is 4.90. The zero-order valence-electron chi connectivity index (χ0n) is 14.8. The van der Waals surface area contributed by atoms with Crippen LogP contribution in [-0.4, -0.2) is 50.1 Å². The summed E-state index contributed by atoms with van der Waals surface area (Å²) < 4.78 is 0. The van der Waals surface area contributed by atoms with E-state index in [2.05, 4.69) is 59.2 Å². The number of amides is 1. The van der Waals surface area contributed by atoms with E-state index in [0.717, 1.165) is 26.1 Å². The van der Waals surface area contributed by atoms with Crippen molar-refractivity contribution in [1.29, 1.82) is 0 Å². The molecule has 0 bridgehead atoms. The second-order valence-corrected chi connectivity index (χ2v) is 6.64. The van der Waals surface area contributed by atoms with E-state index < -0.39 is 0 Å². The van der Waals surface area contributed by atoms with Gasteiger partial charge in [0.2, 0.25) is 5.91 Å². The predicted molar refractivity (Wildman–Crippen MR) is 102 cm³/mol. The number of hydrogen-bond acceptors (Lipinski definition) is 3. The molecule has 2 aromatic carbocycles. The lowest BCUT2D eigenvalue weighted by Gasteiger charge is -2.27. The van der Waals surface area contributed by atoms with Crippen LogP contribution in [0.3, 0.4) is 0 Å². The van der Waals surface area contributed by atoms with Gasteiger partial charge in [-0.05, 0) is 24.6 Å². The van der Waals surface area contributed by atoms with Crippen LogP contribution in [0.1, 0.15) is 23.5 Å². The Labute approximate surface area is 150 Å². The summed E-state index contributed by atoms with van der Waals surface area (Å²) in [5.74, 6) is 0.391. The second kappa shape index (κ2) is 8.79. The monoisotopic (exact) mass is 337 g/mol. The Morgan fingerprint density at radius 3 is 2.24 bits per heavy atom. The van der Waals surface area contributed by atoms with E-state index in [1.54, 1.807) is 0 Å². The zero-order valence-corrected chi connectivity index (χ0v) is 14.8. The Bertz CT molecular complexity index is 620. The van der Waals surface area contributed by atoms with E-state index >= 15 is 0 Å². The van der Waals surface area contributed by atoms with Gasteiger partial charge in [0.25, 0.3) is 0 Å². The van der Waals surface area contributed by atoms with Gasteiger partial charge in [-0.1, -0.05) is 60.7 Å². The van der Waals surface area contributed by atoms with Gasteiger partial charge in [-0.25, -0.2) is 0 Å². The van der Waals surface area contributed by atoms with E-state index in [1.807, 2.05) is 24.1 Å². The van der Waals surface area contributed by atoms with Crippen LogP contribution in [0.2, 0.25) is 0 Å². The highest BCUT2D eigenvalue weighted by molar-refractivity contribution is 5.78. The van der Waals surface area contributed by atoms with Crippen LogP contribution in [0.15, 0.2) is 60.7 Å². The minimum atomic E-state index is 0.190. The average molecular weight is 337 g/mol. The lowest BCUT2D eigenvalue weighted by molar-refractivity contribution is -0.129. The molecule has 4 heteroatoms. The van der Waals surface area contributed by atoms with Crippen molar-refractivity contribution in [1.82, 2.24) is 15.5 Å². The first-order chi connectivity index (χ1) is 12.3. The number of rotatable bonds is 6. The minimum absolute atomic E-state index is 0.190. The Hall–Kier alpha value is -2.17. The fraction of sp³-hybridized carbons (Fsp3) is 0.381. The van der Waals surface area contributed by atoms with Crippen LogP contribution in [0, 0.1) is 0 Å². The van der Waals surface area contributed by atoms with Crippen molar-refractivity contribution < 1.29 is 4.79 Å². The number of nitrogens with zero attached hydrogens (tertiary/aromatic N) is 1. The van der Waals surface area contributed by atoms with Gasteiger partial charge >= 0.3 is 0 Å². The number of nitrogens with one attached hydrogen (secondary N) is 2. The van der Waals surface area contributed by atoms with Crippen molar-refractivity contribution in [2.75, 3.05) is 33.2 Å². The summed E-state index contributed by atoms with van der Waals surface area (Å²) in [6.07, 6.45) is 0.975. The highest BCUT2D eigenvalue weighted by Gasteiger charge is 2.25. The Kier molecular flexibility index (Phi) is 6.20. The summed E-state index contributed by atoms with van der Waals surface area (Å²) >= 11 is 0. The first-order valence-electron chi connectivity index (χ1n) is 9.03. The molecular weight excluding hydrogens is 310 g/mol. The molecule has 1 aliphatic heterocycles. The molecule has 2 N–H and O–H groups in total. The first kappa shape index (κ1) is 17.6. The molecule has 0 radical (unpaired) electrons. The van der Waals surface area contributed by atoms with Crippen LogP contribution in [0.4, 0.5) is 0 Å². The van der Waals surface area contributed by atoms with Crippen LogP contribution < -0.4 is 10.6 Å². The number of carbonyl (C=O) groups excluding carboxylic acids is 1. The van der Waals surface area contributed by atoms with Crippen molar-refractivity contribution in [2.24, 2.45) is 0 Å². The molecule has 2 aromatic rings. The summed E-state index contributed by atoms with van der Waals surface area (Å²) in [5.41, 5.74) is 2.51. The molecule has 0 saturated carbocycles. The van der Waals surface area contributed by atoms with E-state index in [4.69, 9.17) is 0 Å². The molecule has 0 unspecified atom stereocenters. The van der Waals surface area contributed by atoms with Crippen LogP contribution in [-0.2, 0) is 4.79 Å². The Balaban J connectivity index is 1.79. The summed E-state index contributed by atoms with van der Waals surface area (Å²) in [7, 11) is 1.95. The van der Waals surface area contributed by atoms with Crippen molar-refractivity contribution >= 4 is 5.91 Å². The Morgan fingerprint density at radius 1 is 1.08 bits per heavy atom. The predicted octanol–water partition coefficient (Wildman–Crippen LogP) is 2.23. The molecule has 4 nitrogen and oxygen atoms in total. The van der Waals surface area contributed by atoms with Crippen LogP contribution in [0.5, 0.6) is 0 Å². The quantitative estimate of drug-likeness (QED) is 0.850. The third kappa shape index (κ3) is 4.68. The molecule has 0 aromatic heterocycles. The van der Waals surface area contributed by atoms with Gasteiger partial charge in [-0.2, -0.15) is 0 Å². The molecular formula is C21H27N3O. The van der Waals surface area contributed by atoms with Crippen molar-refractivity contribution in [2.45, 2.75) is 18.4 Å². The van der Waals surface area contributed by atoms with Gasteiger partial charge in [0.1, 0.15) is 0 Å². The van der Waals surface area contributed by atoms with E-state index in [0.29, 0.717) is 12.6 Å². The highest BCUT2D eigenvalue weighted by atomic mass is 16.2. The van der Waals surface area contributed by atoms with Crippen LogP contribution in [0.25, 0.3) is 0 Å². The van der Waals surface area contributed by atoms with Crippen molar-refractivity contribution in [3.8, 4) is 0 Å². The van der Waals surface area contributed by atoms with Gasteiger partial charge in [-0.3, -0.25) is 4.79 Å². The topological polar surface area (TPSA) is 44.4 Å². The molecule has 1 saturated heterocycles. The molecule has 0 spiro atoms. The van der Waals surface area contributed by atoms with Crippen molar-refractivity contribution in [3.05, 3.63) is 71.8 Å². The summed E-state index contributed by atoms with van der Waals surface area (Å²) in [6.45, 7) is 2.83. The van der Waals surface area contributed by atoms with Gasteiger partial charge < -0.3 is 15.5 Å². The van der Waals surface area contributed by atoms with Gasteiger partial charge in [0, 0.05) is 31.6 Å². The molecule has 1 amide bonds. The van der Waals surface area contributed by atoms with Gasteiger partial charge in [0.05, 0.1) is 6.54 Å². The largest absolute Gasteiger partial charge is 0.341 e. The van der Waals surface area contributed by atoms with Gasteiger partial charge in [0.15, 0.2) is 0 Å². The third-order valence-electron chi connectivity index (χ3n) is 4.90. The Morgan fingerprint density at radius 2 is 1.68 bits per heavy atom. The normalized spacial score (nSPS) is 18.4. The summed E-state index contributed by atoms with van der Waals surface area (Å²) in [5, 5.41) is 6.56. The highest BCUT2D eigenvalue weighted by Crippen LogP contribution is 2.26. The van der Waals surface area contributed by atoms with E-state index in [1.165, 1.54) is 11.1 Å². The van der Waals surface area contributed by atoms with Crippen molar-refractivity contribution in [3.63, 3.8) is 0 Å². The molecule has 1 heterocycles.